The molecule has 0 unspecified atom stereocenters. The highest BCUT2D eigenvalue weighted by Gasteiger charge is 2.08. The number of aliphatic hydroxyl groups is 1. The van der Waals surface area contributed by atoms with Crippen molar-refractivity contribution in [3.8, 4) is 0 Å². The summed E-state index contributed by atoms with van der Waals surface area (Å²) in [4.78, 5) is 0. The van der Waals surface area contributed by atoms with Crippen molar-refractivity contribution in [1.29, 1.82) is 0 Å². The van der Waals surface area contributed by atoms with Crippen molar-refractivity contribution in [3.05, 3.63) is 41.8 Å². The zero-order valence-corrected chi connectivity index (χ0v) is 10.4. The zero-order chi connectivity index (χ0) is 12.1. The molecule has 5 heteroatoms. The maximum atomic E-state index is 9.92. The second kappa shape index (κ2) is 5.84. The molecule has 0 aliphatic rings. The first-order valence-electron chi connectivity index (χ1n) is 5.41. The number of aromatic nitrogens is 2. The van der Waals surface area contributed by atoms with Crippen molar-refractivity contribution in [1.82, 2.24) is 10.2 Å². The Morgan fingerprint density at radius 3 is 2.71 bits per heavy atom. The molecule has 4 nitrogen and oxygen atoms in total. The summed E-state index contributed by atoms with van der Waals surface area (Å²) in [5, 5.41) is 18.1. The van der Waals surface area contributed by atoms with Crippen LogP contribution in [-0.4, -0.2) is 21.1 Å². The summed E-state index contributed by atoms with van der Waals surface area (Å²) < 4.78 is 5.23. The Hall–Kier alpha value is -1.33. The summed E-state index contributed by atoms with van der Waals surface area (Å²) in [5.74, 6) is 1.31. The van der Waals surface area contributed by atoms with Crippen molar-refractivity contribution < 1.29 is 9.52 Å². The summed E-state index contributed by atoms with van der Waals surface area (Å²) in [6.07, 6.45) is 0.226. The van der Waals surface area contributed by atoms with Crippen LogP contribution in [0.25, 0.3) is 0 Å². The number of aryl methyl sites for hydroxylation is 1. The Kier molecular flexibility index (Phi) is 4.17. The second-order valence-corrected chi connectivity index (χ2v) is 4.70. The number of hydrogen-bond acceptors (Lipinski definition) is 5. The van der Waals surface area contributed by atoms with Crippen LogP contribution in [0.1, 0.15) is 24.0 Å². The Bertz CT molecular complexity index is 459. The van der Waals surface area contributed by atoms with Crippen molar-refractivity contribution in [2.75, 3.05) is 5.75 Å². The fourth-order valence-electron chi connectivity index (χ4n) is 1.44. The molecule has 0 saturated heterocycles. The molecule has 2 rings (SSSR count). The first-order valence-corrected chi connectivity index (χ1v) is 6.40. The van der Waals surface area contributed by atoms with Crippen molar-refractivity contribution >= 4 is 11.8 Å². The SMILES string of the molecule is Cc1nnc(SCC[C@@H](O)c2ccccc2)o1. The van der Waals surface area contributed by atoms with Crippen LogP contribution in [0.4, 0.5) is 0 Å². The maximum absolute atomic E-state index is 9.92. The molecule has 1 heterocycles. The van der Waals surface area contributed by atoms with Gasteiger partial charge in [-0.1, -0.05) is 42.1 Å². The van der Waals surface area contributed by atoms with Gasteiger partial charge in [0.1, 0.15) is 0 Å². The fraction of sp³-hybridized carbons (Fsp3) is 0.333. The highest BCUT2D eigenvalue weighted by molar-refractivity contribution is 7.99. The molecular weight excluding hydrogens is 236 g/mol. The van der Waals surface area contributed by atoms with Gasteiger partial charge in [-0.25, -0.2) is 0 Å². The van der Waals surface area contributed by atoms with Crippen LogP contribution < -0.4 is 0 Å². The van der Waals surface area contributed by atoms with E-state index in [9.17, 15) is 5.11 Å². The molecule has 0 saturated carbocycles. The number of nitrogens with zero attached hydrogens (tertiary/aromatic N) is 2. The van der Waals surface area contributed by atoms with Crippen LogP contribution in [0.3, 0.4) is 0 Å². The predicted octanol–water partition coefficient (Wildman–Crippen LogP) is 2.59. The zero-order valence-electron chi connectivity index (χ0n) is 9.54. The molecule has 1 atom stereocenters. The van der Waals surface area contributed by atoms with Gasteiger partial charge in [-0.05, 0) is 12.0 Å². The van der Waals surface area contributed by atoms with Crippen LogP contribution in [0, 0.1) is 6.92 Å². The highest BCUT2D eigenvalue weighted by Crippen LogP contribution is 2.22. The van der Waals surface area contributed by atoms with Gasteiger partial charge >= 0.3 is 0 Å². The van der Waals surface area contributed by atoms with Gasteiger partial charge < -0.3 is 9.52 Å². The average Bonchev–Trinajstić information content (AvgIpc) is 2.76. The monoisotopic (exact) mass is 250 g/mol. The molecule has 0 spiro atoms. The molecule has 90 valence electrons. The normalized spacial score (nSPS) is 12.6. The van der Waals surface area contributed by atoms with E-state index in [1.807, 2.05) is 30.3 Å². The van der Waals surface area contributed by atoms with E-state index in [2.05, 4.69) is 10.2 Å². The van der Waals surface area contributed by atoms with Crippen LogP contribution >= 0.6 is 11.8 Å². The molecule has 0 amide bonds. The third-order valence-electron chi connectivity index (χ3n) is 2.31. The molecule has 1 N–H and O–H groups in total. The van der Waals surface area contributed by atoms with Gasteiger partial charge in [0.05, 0.1) is 6.10 Å². The van der Waals surface area contributed by atoms with E-state index >= 15 is 0 Å². The van der Waals surface area contributed by atoms with E-state index in [4.69, 9.17) is 4.42 Å². The first kappa shape index (κ1) is 12.1. The quantitative estimate of drug-likeness (QED) is 0.826. The summed E-state index contributed by atoms with van der Waals surface area (Å²) in [6.45, 7) is 1.76. The second-order valence-electron chi connectivity index (χ2n) is 3.65. The van der Waals surface area contributed by atoms with Gasteiger partial charge in [-0.3, -0.25) is 0 Å². The molecule has 0 aliphatic heterocycles. The minimum absolute atomic E-state index is 0.437. The lowest BCUT2D eigenvalue weighted by molar-refractivity contribution is 0.175. The van der Waals surface area contributed by atoms with E-state index in [1.54, 1.807) is 6.92 Å². The predicted molar refractivity (Wildman–Crippen MR) is 65.8 cm³/mol. The molecule has 1 aromatic heterocycles. The smallest absolute Gasteiger partial charge is 0.276 e. The molecule has 1 aromatic carbocycles. The topological polar surface area (TPSA) is 59.2 Å². The van der Waals surface area contributed by atoms with Crippen LogP contribution in [-0.2, 0) is 0 Å². The van der Waals surface area contributed by atoms with E-state index in [-0.39, 0.29) is 0 Å². The van der Waals surface area contributed by atoms with E-state index < -0.39 is 6.10 Å². The molecule has 0 radical (unpaired) electrons. The van der Waals surface area contributed by atoms with Gasteiger partial charge in [-0.15, -0.1) is 10.2 Å². The minimum atomic E-state index is -0.437. The molecule has 0 bridgehead atoms. The molecule has 17 heavy (non-hydrogen) atoms. The Morgan fingerprint density at radius 2 is 2.06 bits per heavy atom. The Morgan fingerprint density at radius 1 is 1.29 bits per heavy atom. The lowest BCUT2D eigenvalue weighted by Gasteiger charge is -2.09. The van der Waals surface area contributed by atoms with Gasteiger partial charge in [-0.2, -0.15) is 0 Å². The lowest BCUT2D eigenvalue weighted by Crippen LogP contribution is -1.98. The maximum Gasteiger partial charge on any atom is 0.276 e. The van der Waals surface area contributed by atoms with E-state index in [0.29, 0.717) is 17.5 Å². The van der Waals surface area contributed by atoms with E-state index in [1.165, 1.54) is 11.8 Å². The van der Waals surface area contributed by atoms with E-state index in [0.717, 1.165) is 11.3 Å². The third kappa shape index (κ3) is 3.57. The van der Waals surface area contributed by atoms with Crippen LogP contribution in [0.2, 0.25) is 0 Å². The van der Waals surface area contributed by atoms with Gasteiger partial charge in [0.25, 0.3) is 5.22 Å². The Labute approximate surface area is 104 Å². The van der Waals surface area contributed by atoms with Crippen LogP contribution in [0.5, 0.6) is 0 Å². The first-order chi connectivity index (χ1) is 8.25. The summed E-state index contributed by atoms with van der Waals surface area (Å²) in [7, 11) is 0. The van der Waals surface area contributed by atoms with Crippen molar-refractivity contribution in [2.45, 2.75) is 24.7 Å². The largest absolute Gasteiger partial charge is 0.416 e. The molecule has 0 aliphatic carbocycles. The van der Waals surface area contributed by atoms with Gasteiger partial charge in [0.15, 0.2) is 0 Å². The Balaban J connectivity index is 1.79. The van der Waals surface area contributed by atoms with Gasteiger partial charge in [0.2, 0.25) is 5.89 Å². The highest BCUT2D eigenvalue weighted by atomic mass is 32.2. The van der Waals surface area contributed by atoms with Crippen LogP contribution in [0.15, 0.2) is 40.0 Å². The minimum Gasteiger partial charge on any atom is -0.416 e. The van der Waals surface area contributed by atoms with Gasteiger partial charge in [0, 0.05) is 12.7 Å². The van der Waals surface area contributed by atoms with Crippen molar-refractivity contribution in [2.24, 2.45) is 0 Å². The standard InChI is InChI=1S/C12H14N2O2S/c1-9-13-14-12(16-9)17-8-7-11(15)10-5-3-2-4-6-10/h2-6,11,15H,7-8H2,1H3/t11-/m1/s1. The summed E-state index contributed by atoms with van der Waals surface area (Å²) in [5.41, 5.74) is 0.940. The third-order valence-corrected chi connectivity index (χ3v) is 3.16. The number of thioether (sulfide) groups is 1. The fourth-order valence-corrected chi connectivity index (χ4v) is 2.23. The molecular formula is C12H14N2O2S. The van der Waals surface area contributed by atoms with Crippen molar-refractivity contribution in [3.63, 3.8) is 0 Å². The number of aliphatic hydroxyl groups excluding tert-OH is 1. The number of rotatable bonds is 5. The number of hydrogen-bond donors (Lipinski definition) is 1. The lowest BCUT2D eigenvalue weighted by atomic mass is 10.1. The molecule has 2 aromatic rings. The number of benzene rings is 1. The molecule has 0 fully saturated rings. The summed E-state index contributed by atoms with van der Waals surface area (Å²) in [6, 6.07) is 9.63. The average molecular weight is 250 g/mol. The summed E-state index contributed by atoms with van der Waals surface area (Å²) >= 11 is 1.46.